The van der Waals surface area contributed by atoms with Crippen LogP contribution >= 0.6 is 0 Å². The Balaban J connectivity index is -0.0000000303. The molecule has 326 valence electrons. The van der Waals surface area contributed by atoms with E-state index in [9.17, 15) is 39.6 Å². The number of rotatable bonds is 4. The van der Waals surface area contributed by atoms with E-state index in [1.165, 1.54) is 49.1 Å². The van der Waals surface area contributed by atoms with Crippen LogP contribution in [0.4, 0.5) is 0 Å². The zero-order chi connectivity index (χ0) is 30.2. The number of nitrogens with zero attached hydrogens (tertiary/aromatic N) is 4. The van der Waals surface area contributed by atoms with Crippen molar-refractivity contribution >= 4 is 23.9 Å². The van der Waals surface area contributed by atoms with Gasteiger partial charge in [-0.1, -0.05) is 0 Å². The molecule has 0 amide bonds. The molecule has 20 nitrogen and oxygen atoms in total. The van der Waals surface area contributed by atoms with Crippen molar-refractivity contribution in [2.24, 2.45) is 28.2 Å². The van der Waals surface area contributed by atoms with Crippen molar-refractivity contribution in [2.45, 2.75) is 0 Å². The van der Waals surface area contributed by atoms with Crippen molar-refractivity contribution in [1.29, 1.82) is 0 Å². The van der Waals surface area contributed by atoms with Gasteiger partial charge in [0, 0.05) is 58.4 Å². The van der Waals surface area contributed by atoms with E-state index < -0.39 is 23.9 Å². The second kappa shape index (κ2) is 49.4. The molecule has 0 saturated carbocycles. The molecule has 0 bridgehead atoms. The van der Waals surface area contributed by atoms with Crippen molar-refractivity contribution in [3.63, 3.8) is 0 Å². The minimum absolute atomic E-state index is 0. The Labute approximate surface area is 356 Å². The molecule has 0 saturated heterocycles. The van der Waals surface area contributed by atoms with Gasteiger partial charge in [-0.2, -0.15) is 0 Å². The normalized spacial score (nSPS) is 6.89. The van der Waals surface area contributed by atoms with Gasteiger partial charge in [0.1, 0.15) is 28.2 Å². The summed E-state index contributed by atoms with van der Waals surface area (Å²) >= 11 is 0. The van der Waals surface area contributed by atoms with Crippen LogP contribution in [0.15, 0.2) is 98.1 Å². The number of pyridine rings is 4. The van der Waals surface area contributed by atoms with Gasteiger partial charge >= 0.3 is 0 Å². The quantitative estimate of drug-likeness (QED) is 0.107. The molecule has 4 aromatic heterocycles. The predicted octanol–water partition coefficient (Wildman–Crippen LogP) is -23.5. The third kappa shape index (κ3) is 39.6. The molecule has 0 atom stereocenters. The van der Waals surface area contributed by atoms with E-state index >= 15 is 0 Å². The molecule has 0 aliphatic heterocycles. The molecule has 0 aliphatic carbocycles. The van der Waals surface area contributed by atoms with Crippen LogP contribution < -0.4 is 88.3 Å². The number of hydrogen-bond donors (Lipinski definition) is 0. The molecule has 26 heteroatoms. The molecule has 4 rings (SSSR count). The number of carboxylic acids is 4. The fraction of sp³-hybridized carbons (Fsp3) is 0.143. The Morgan fingerprint density at radius 3 is 0.593 bits per heavy atom. The maximum atomic E-state index is 10.2. The number of carboxylic acid groups (broad SMARTS) is 4. The average molecular weight is 966 g/mol. The zero-order valence-electron chi connectivity index (χ0n) is 28.7. The van der Waals surface area contributed by atoms with Gasteiger partial charge in [0.15, 0.2) is 49.6 Å². The van der Waals surface area contributed by atoms with Crippen LogP contribution in [0.2, 0.25) is 0 Å². The number of halogens is 4. The molecule has 0 aliphatic rings. The van der Waals surface area contributed by atoms with E-state index in [0.717, 1.165) is 0 Å². The van der Waals surface area contributed by atoms with Gasteiger partial charge in [0.05, 0.1) is 46.1 Å². The number of aromatic nitrogens is 4. The van der Waals surface area contributed by atoms with Crippen molar-refractivity contribution in [3.05, 3.63) is 120 Å². The second-order valence-electron chi connectivity index (χ2n) is 8.18. The maximum Gasteiger partial charge on any atom is 0.177 e. The Hall–Kier alpha value is -3.64. The molecular formula is C28H48Cl4Cu2N4O16. The number of aryl methyl sites for hydroxylation is 4. The Morgan fingerprint density at radius 2 is 0.519 bits per heavy atom. The van der Waals surface area contributed by atoms with Crippen LogP contribution in [0.3, 0.4) is 0 Å². The van der Waals surface area contributed by atoms with Gasteiger partial charge in [0.25, 0.3) is 0 Å². The standard InChI is InChI=1S/4C7H7NO2.4ClH.2Cu.8H2O/c4*1-8-4-2-3-6(5-8)7(9)10;;;;;;;;;;;;;;/h4*2-5H,1H3;4*1H;;;8*1H2. The van der Waals surface area contributed by atoms with E-state index in [-0.39, 0.29) is 150 Å². The molecule has 0 spiro atoms. The van der Waals surface area contributed by atoms with E-state index in [1.54, 1.807) is 95.5 Å². The molecule has 20 N–H and O–H groups in total. The summed E-state index contributed by atoms with van der Waals surface area (Å²) in [7, 11) is 7.03. The van der Waals surface area contributed by atoms with Crippen LogP contribution in [0.25, 0.3) is 0 Å². The maximum absolute atomic E-state index is 10.2. The van der Waals surface area contributed by atoms with Gasteiger partial charge in [0.2, 0.25) is 0 Å². The summed E-state index contributed by atoms with van der Waals surface area (Å²) in [5.74, 6) is -4.57. The van der Waals surface area contributed by atoms with Crippen LogP contribution in [0.1, 0.15) is 41.4 Å². The molecule has 2 radical (unpaired) electrons. The van der Waals surface area contributed by atoms with E-state index in [2.05, 4.69) is 0 Å². The third-order valence-electron chi connectivity index (χ3n) is 4.70. The summed E-state index contributed by atoms with van der Waals surface area (Å²) in [6.07, 6.45) is 13.0. The minimum Gasteiger partial charge on any atom is -1.00 e. The summed E-state index contributed by atoms with van der Waals surface area (Å²) in [5, 5.41) is 40.9. The molecule has 4 heterocycles. The first-order valence-corrected chi connectivity index (χ1v) is 11.5. The predicted molar refractivity (Wildman–Crippen MR) is 162 cm³/mol. The Morgan fingerprint density at radius 1 is 0.389 bits per heavy atom. The molecule has 4 aromatic rings. The first-order chi connectivity index (χ1) is 18.8. The Bertz CT molecular complexity index is 1300. The van der Waals surface area contributed by atoms with Crippen molar-refractivity contribution in [2.75, 3.05) is 0 Å². The van der Waals surface area contributed by atoms with Crippen LogP contribution in [0.5, 0.6) is 0 Å². The zero-order valence-corrected chi connectivity index (χ0v) is 33.6. The molecule has 0 unspecified atom stereocenters. The molecular weight excluding hydrogens is 917 g/mol. The van der Waals surface area contributed by atoms with Gasteiger partial charge < -0.3 is 133 Å². The summed E-state index contributed by atoms with van der Waals surface area (Å²) in [6, 6.07) is 12.6. The van der Waals surface area contributed by atoms with Gasteiger partial charge in [-0.25, -0.2) is 18.3 Å². The summed E-state index contributed by atoms with van der Waals surface area (Å²) < 4.78 is 6.63. The molecule has 0 aromatic carbocycles. The summed E-state index contributed by atoms with van der Waals surface area (Å²) in [4.78, 5) is 40.9. The van der Waals surface area contributed by atoms with Crippen molar-refractivity contribution < 1.29 is 185 Å². The van der Waals surface area contributed by atoms with Gasteiger partial charge in [-0.15, -0.1) is 0 Å². The van der Waals surface area contributed by atoms with Gasteiger partial charge in [-0.05, 0) is 24.3 Å². The number of carbonyl (C=O) groups is 4. The van der Waals surface area contributed by atoms with E-state index in [4.69, 9.17) is 0 Å². The topological polar surface area (TPSA) is 434 Å². The van der Waals surface area contributed by atoms with Crippen molar-refractivity contribution in [3.8, 4) is 0 Å². The first kappa shape index (κ1) is 92.8. The van der Waals surface area contributed by atoms with Gasteiger partial charge in [-0.3, -0.25) is 0 Å². The van der Waals surface area contributed by atoms with Crippen molar-refractivity contribution in [1.82, 2.24) is 0 Å². The number of carbonyl (C=O) groups excluding carboxylic acids is 4. The number of aromatic carboxylic acids is 4. The largest absolute Gasteiger partial charge is 1.00 e. The second-order valence-corrected chi connectivity index (χ2v) is 8.18. The first-order valence-electron chi connectivity index (χ1n) is 11.5. The fourth-order valence-corrected chi connectivity index (χ4v) is 2.83. The SMILES string of the molecule is C[n+]1cccc(C(=O)[O-])c1.C[n+]1cccc(C(=O)[O-])c1.C[n+]1cccc(C(=O)[O-])c1.C[n+]1cccc(C(=O)[O-])c1.O.O.O.O.[Cl-].[Cl-].[Cl-].[Cl-].[Cu].[Cu].[OH3+].[OH3+].[OH3+].[OH3+]. The van der Waals surface area contributed by atoms with Crippen LogP contribution in [0, 0.1) is 0 Å². The minimum atomic E-state index is -1.14. The Kier molecular flexibility index (Phi) is 84.8. The summed E-state index contributed by atoms with van der Waals surface area (Å²) in [5.41, 5.74) is 0.796. The van der Waals surface area contributed by atoms with E-state index in [0.29, 0.717) is 0 Å². The molecule has 54 heavy (non-hydrogen) atoms. The van der Waals surface area contributed by atoms with E-state index in [1.807, 2.05) is 0 Å². The monoisotopic (exact) mass is 962 g/mol. The fourth-order valence-electron chi connectivity index (χ4n) is 2.83. The average Bonchev–Trinajstić information content (AvgIpc) is 2.90. The van der Waals surface area contributed by atoms with Crippen LogP contribution in [-0.4, -0.2) is 45.8 Å². The third-order valence-corrected chi connectivity index (χ3v) is 4.70. The summed E-state index contributed by atoms with van der Waals surface area (Å²) in [6.45, 7) is 0. The van der Waals surface area contributed by atoms with Crippen LogP contribution in [-0.2, 0) is 84.2 Å². The molecule has 0 fully saturated rings. The smallest absolute Gasteiger partial charge is 0.177 e. The number of hydrogen-bond acceptors (Lipinski definition) is 8.